The molecule has 3 rings (SSSR count). The molecule has 3 aromatic rings. The number of carbonyl (C=O) groups is 1. The minimum Gasteiger partial charge on any atom is -0.494 e. The Kier molecular flexibility index (Phi) is 8.70. The number of hydrogen-bond acceptors (Lipinski definition) is 8. The van der Waals surface area contributed by atoms with Crippen LogP contribution in [0.1, 0.15) is 25.8 Å². The molecule has 0 aliphatic rings. The van der Waals surface area contributed by atoms with E-state index in [0.29, 0.717) is 23.2 Å². The van der Waals surface area contributed by atoms with E-state index in [2.05, 4.69) is 22.4 Å². The molecule has 0 atom stereocenters. The third kappa shape index (κ3) is 6.68. The zero-order valence-corrected chi connectivity index (χ0v) is 21.1. The molecule has 33 heavy (non-hydrogen) atoms. The summed E-state index contributed by atoms with van der Waals surface area (Å²) in [5.41, 5.74) is 1.37. The van der Waals surface area contributed by atoms with E-state index in [9.17, 15) is 13.2 Å². The number of nitrogens with zero attached hydrogens (tertiary/aromatic N) is 3. The summed E-state index contributed by atoms with van der Waals surface area (Å²) < 4.78 is 34.2. The molecule has 0 saturated heterocycles. The topological polar surface area (TPSA) is 101 Å². The average Bonchev–Trinajstić information content (AvgIpc) is 3.24. The number of hydrogen-bond donors (Lipinski definition) is 1. The predicted octanol–water partition coefficient (Wildman–Crippen LogP) is 4.58. The van der Waals surface area contributed by atoms with Crippen LogP contribution in [0.15, 0.2) is 57.8 Å². The van der Waals surface area contributed by atoms with E-state index in [1.165, 1.54) is 23.5 Å². The smallest absolute Gasteiger partial charge is 0.264 e. The molecule has 0 unspecified atom stereocenters. The lowest BCUT2D eigenvalue weighted by atomic mass is 10.2. The second kappa shape index (κ2) is 11.5. The molecule has 0 spiro atoms. The molecular formula is C22H26N4O4S3. The lowest BCUT2D eigenvalue weighted by molar-refractivity contribution is -0.114. The average molecular weight is 507 g/mol. The number of ether oxygens (including phenoxy) is 1. The van der Waals surface area contributed by atoms with Gasteiger partial charge in [0.05, 0.1) is 17.2 Å². The van der Waals surface area contributed by atoms with Gasteiger partial charge in [-0.05, 0) is 56.7 Å². The fourth-order valence-corrected chi connectivity index (χ4v) is 5.94. The molecular weight excluding hydrogens is 480 g/mol. The van der Waals surface area contributed by atoms with Gasteiger partial charge in [-0.1, -0.05) is 47.7 Å². The maximum atomic E-state index is 13.5. The molecule has 176 valence electrons. The van der Waals surface area contributed by atoms with Crippen LogP contribution in [0.5, 0.6) is 5.75 Å². The molecule has 0 saturated carbocycles. The first kappa shape index (κ1) is 25.0. The quantitative estimate of drug-likeness (QED) is 0.300. The van der Waals surface area contributed by atoms with E-state index in [4.69, 9.17) is 4.74 Å². The summed E-state index contributed by atoms with van der Waals surface area (Å²) in [7, 11) is -4.01. The number of aromatic nitrogens is 2. The van der Waals surface area contributed by atoms with Crippen LogP contribution in [0.25, 0.3) is 0 Å². The Morgan fingerprint density at radius 3 is 2.42 bits per heavy atom. The fourth-order valence-electron chi connectivity index (χ4n) is 2.83. The number of anilines is 2. The van der Waals surface area contributed by atoms with Gasteiger partial charge < -0.3 is 4.74 Å². The van der Waals surface area contributed by atoms with E-state index in [1.54, 1.807) is 48.2 Å². The van der Waals surface area contributed by atoms with Crippen molar-refractivity contribution in [1.29, 1.82) is 0 Å². The van der Waals surface area contributed by atoms with Gasteiger partial charge in [0.2, 0.25) is 11.0 Å². The van der Waals surface area contributed by atoms with Crippen molar-refractivity contribution in [3.8, 4) is 5.75 Å². The van der Waals surface area contributed by atoms with Gasteiger partial charge in [0, 0.05) is 5.75 Å². The molecule has 1 heterocycles. The number of carbonyl (C=O) groups excluding carboxylic acids is 1. The van der Waals surface area contributed by atoms with E-state index >= 15 is 0 Å². The summed E-state index contributed by atoms with van der Waals surface area (Å²) in [6.45, 7) is 5.90. The van der Waals surface area contributed by atoms with E-state index < -0.39 is 22.5 Å². The lowest BCUT2D eigenvalue weighted by Crippen LogP contribution is -2.38. The van der Waals surface area contributed by atoms with Crippen molar-refractivity contribution < 1.29 is 17.9 Å². The standard InChI is InChI=1S/C22H26N4O4S3/c1-4-14-31-22-25-24-21(32-22)23-20(27)15-26(17-8-6-16(3)7-9-17)33(28,29)19-12-10-18(11-13-19)30-5-2/h6-13H,4-5,14-15H2,1-3H3,(H,23,24,27). The molecule has 1 N–H and O–H groups in total. The summed E-state index contributed by atoms with van der Waals surface area (Å²) in [6.07, 6.45) is 1.00. The first-order valence-electron chi connectivity index (χ1n) is 10.4. The Labute approximate surface area is 202 Å². The second-order valence-corrected chi connectivity index (χ2v) is 11.2. The highest BCUT2D eigenvalue weighted by Gasteiger charge is 2.27. The third-order valence-corrected chi connectivity index (χ3v) is 8.38. The highest BCUT2D eigenvalue weighted by Crippen LogP contribution is 2.28. The lowest BCUT2D eigenvalue weighted by Gasteiger charge is -2.24. The maximum Gasteiger partial charge on any atom is 0.264 e. The van der Waals surface area contributed by atoms with Crippen LogP contribution in [0.2, 0.25) is 0 Å². The Morgan fingerprint density at radius 2 is 1.79 bits per heavy atom. The maximum absolute atomic E-state index is 13.5. The molecule has 1 amide bonds. The van der Waals surface area contributed by atoms with Crippen LogP contribution in [0.3, 0.4) is 0 Å². The van der Waals surface area contributed by atoms with Crippen LogP contribution in [0.4, 0.5) is 10.8 Å². The summed E-state index contributed by atoms with van der Waals surface area (Å²) in [6, 6.07) is 13.1. The van der Waals surface area contributed by atoms with Gasteiger partial charge in [0.1, 0.15) is 12.3 Å². The SMILES string of the molecule is CCCSc1nnc(NC(=O)CN(c2ccc(C)cc2)S(=O)(=O)c2ccc(OCC)cc2)s1. The van der Waals surface area contributed by atoms with Gasteiger partial charge in [-0.15, -0.1) is 10.2 Å². The van der Waals surface area contributed by atoms with Crippen LogP contribution >= 0.6 is 23.1 Å². The molecule has 8 nitrogen and oxygen atoms in total. The zero-order valence-electron chi connectivity index (χ0n) is 18.6. The van der Waals surface area contributed by atoms with E-state index in [-0.39, 0.29) is 4.90 Å². The number of nitrogens with one attached hydrogen (secondary N) is 1. The van der Waals surface area contributed by atoms with Crippen LogP contribution in [-0.2, 0) is 14.8 Å². The molecule has 11 heteroatoms. The number of sulfonamides is 1. The zero-order chi connectivity index (χ0) is 23.8. The van der Waals surface area contributed by atoms with Gasteiger partial charge in [-0.25, -0.2) is 8.42 Å². The largest absolute Gasteiger partial charge is 0.494 e. The molecule has 0 aliphatic carbocycles. The van der Waals surface area contributed by atoms with Crippen molar-refractivity contribution in [2.45, 2.75) is 36.4 Å². The van der Waals surface area contributed by atoms with Crippen LogP contribution < -0.4 is 14.4 Å². The number of amides is 1. The summed E-state index contributed by atoms with van der Waals surface area (Å²) in [5.74, 6) is 0.974. The van der Waals surface area contributed by atoms with E-state index in [0.717, 1.165) is 26.4 Å². The normalized spacial score (nSPS) is 11.2. The van der Waals surface area contributed by atoms with Gasteiger partial charge in [0.25, 0.3) is 10.0 Å². The Hall–Kier alpha value is -2.63. The second-order valence-electron chi connectivity index (χ2n) is 7.02. The van der Waals surface area contributed by atoms with Gasteiger partial charge in [-0.3, -0.25) is 14.4 Å². The molecule has 2 aromatic carbocycles. The highest BCUT2D eigenvalue weighted by molar-refractivity contribution is 8.01. The fraction of sp³-hybridized carbons (Fsp3) is 0.318. The minimum atomic E-state index is -4.01. The van der Waals surface area contributed by atoms with Crippen molar-refractivity contribution in [1.82, 2.24) is 10.2 Å². The molecule has 1 aromatic heterocycles. The number of thioether (sulfide) groups is 1. The summed E-state index contributed by atoms with van der Waals surface area (Å²) >= 11 is 2.83. The molecule has 0 bridgehead atoms. The minimum absolute atomic E-state index is 0.0634. The summed E-state index contributed by atoms with van der Waals surface area (Å²) in [5, 5.41) is 11.0. The van der Waals surface area contributed by atoms with Gasteiger partial charge >= 0.3 is 0 Å². The number of rotatable bonds is 11. The van der Waals surface area contributed by atoms with E-state index in [1.807, 2.05) is 13.8 Å². The predicted molar refractivity (Wildman–Crippen MR) is 133 cm³/mol. The van der Waals surface area contributed by atoms with Crippen molar-refractivity contribution in [3.05, 3.63) is 54.1 Å². The van der Waals surface area contributed by atoms with Gasteiger partial charge in [0.15, 0.2) is 4.34 Å². The Morgan fingerprint density at radius 1 is 1.09 bits per heavy atom. The monoisotopic (exact) mass is 506 g/mol. The number of aryl methyl sites for hydroxylation is 1. The molecule has 0 radical (unpaired) electrons. The first-order chi connectivity index (χ1) is 15.8. The molecule has 0 fully saturated rings. The first-order valence-corrected chi connectivity index (χ1v) is 13.7. The molecule has 0 aliphatic heterocycles. The highest BCUT2D eigenvalue weighted by atomic mass is 32.2. The third-order valence-electron chi connectivity index (χ3n) is 4.41. The Balaban J connectivity index is 1.84. The van der Waals surface area contributed by atoms with Gasteiger partial charge in [-0.2, -0.15) is 0 Å². The van der Waals surface area contributed by atoms with Crippen LogP contribution in [0, 0.1) is 6.92 Å². The van der Waals surface area contributed by atoms with Crippen LogP contribution in [-0.4, -0.2) is 43.4 Å². The van der Waals surface area contributed by atoms with Crippen molar-refractivity contribution >= 4 is 49.8 Å². The Bertz CT molecular complexity index is 1160. The van der Waals surface area contributed by atoms with Crippen molar-refractivity contribution in [2.75, 3.05) is 28.5 Å². The summed E-state index contributed by atoms with van der Waals surface area (Å²) in [4.78, 5) is 12.9. The van der Waals surface area contributed by atoms with Crippen molar-refractivity contribution in [3.63, 3.8) is 0 Å². The van der Waals surface area contributed by atoms with Crippen molar-refractivity contribution in [2.24, 2.45) is 0 Å². The number of benzene rings is 2.